The Morgan fingerprint density at radius 2 is 2.00 bits per heavy atom. The fourth-order valence-electron chi connectivity index (χ4n) is 2.87. The maximum absolute atomic E-state index is 12.9. The number of carbonyl (C=O) groups excluding carboxylic acids is 3. The Hall–Kier alpha value is -2.94. The van der Waals surface area contributed by atoms with Gasteiger partial charge >= 0.3 is 6.03 Å². The highest BCUT2D eigenvalue weighted by molar-refractivity contribution is 7.13. The van der Waals surface area contributed by atoms with E-state index in [0.717, 1.165) is 10.6 Å². The summed E-state index contributed by atoms with van der Waals surface area (Å²) in [5, 5.41) is 7.63. The summed E-state index contributed by atoms with van der Waals surface area (Å²) in [7, 11) is 1.55. The zero-order chi connectivity index (χ0) is 20.5. The number of hydrogen-bond acceptors (Lipinski definition) is 6. The quantitative estimate of drug-likeness (QED) is 0.724. The molecule has 1 saturated heterocycles. The summed E-state index contributed by atoms with van der Waals surface area (Å²) in [5.41, 5.74) is 0.244. The summed E-state index contributed by atoms with van der Waals surface area (Å²) >= 11 is 1.31. The Morgan fingerprint density at radius 1 is 1.32 bits per heavy atom. The highest BCUT2D eigenvalue weighted by Gasteiger charge is 2.49. The molecule has 2 aromatic rings. The number of hydrogen-bond donors (Lipinski definition) is 2. The maximum atomic E-state index is 12.9. The minimum Gasteiger partial charge on any atom is -0.497 e. The number of benzene rings is 1. The molecule has 0 saturated carbocycles. The van der Waals surface area contributed by atoms with Crippen LogP contribution in [0.25, 0.3) is 0 Å². The van der Waals surface area contributed by atoms with E-state index in [4.69, 9.17) is 4.74 Å². The van der Waals surface area contributed by atoms with E-state index in [1.807, 2.05) is 19.2 Å². The van der Waals surface area contributed by atoms with E-state index in [1.54, 1.807) is 38.3 Å². The molecule has 1 fully saturated rings. The van der Waals surface area contributed by atoms with Crippen LogP contribution in [0.15, 0.2) is 29.6 Å². The molecule has 1 aromatic carbocycles. The number of anilines is 1. The van der Waals surface area contributed by atoms with Crippen LogP contribution in [0.1, 0.15) is 37.9 Å². The first kappa shape index (κ1) is 19.8. The third-order valence-corrected chi connectivity index (χ3v) is 5.38. The number of thiazole rings is 1. The van der Waals surface area contributed by atoms with Crippen LogP contribution in [0.2, 0.25) is 0 Å². The number of methoxy groups -OCH3 is 1. The third kappa shape index (κ3) is 3.70. The van der Waals surface area contributed by atoms with E-state index in [1.165, 1.54) is 11.3 Å². The van der Waals surface area contributed by atoms with Crippen LogP contribution in [0, 0.1) is 0 Å². The highest BCUT2D eigenvalue weighted by Crippen LogP contribution is 2.30. The standard InChI is InChI=1S/C19H22N4O4S/c1-11(2)14-10-28-17(20-14)21-15(24)9-23-16(25)19(3,22-18(23)26)12-5-7-13(27-4)8-6-12/h5-8,10-11H,9H2,1-4H3,(H,22,26)(H,20,21,24)/t19-/m0/s1. The summed E-state index contributed by atoms with van der Waals surface area (Å²) < 4.78 is 5.12. The molecule has 0 aliphatic carbocycles. The van der Waals surface area contributed by atoms with Crippen molar-refractivity contribution in [3.63, 3.8) is 0 Å². The lowest BCUT2D eigenvalue weighted by Crippen LogP contribution is -2.42. The molecule has 28 heavy (non-hydrogen) atoms. The van der Waals surface area contributed by atoms with Crippen molar-refractivity contribution in [1.29, 1.82) is 0 Å². The topological polar surface area (TPSA) is 101 Å². The fourth-order valence-corrected chi connectivity index (χ4v) is 3.76. The number of ether oxygens (including phenoxy) is 1. The van der Waals surface area contributed by atoms with Crippen molar-refractivity contribution in [2.75, 3.05) is 19.0 Å². The molecule has 0 radical (unpaired) electrons. The van der Waals surface area contributed by atoms with Crippen molar-refractivity contribution in [1.82, 2.24) is 15.2 Å². The largest absolute Gasteiger partial charge is 0.497 e. The number of nitrogens with zero attached hydrogens (tertiary/aromatic N) is 2. The average molecular weight is 402 g/mol. The van der Waals surface area contributed by atoms with Gasteiger partial charge < -0.3 is 15.4 Å². The molecule has 9 heteroatoms. The zero-order valence-electron chi connectivity index (χ0n) is 16.1. The van der Waals surface area contributed by atoms with Gasteiger partial charge in [0.1, 0.15) is 17.8 Å². The number of aromatic nitrogens is 1. The normalized spacial score (nSPS) is 19.1. The van der Waals surface area contributed by atoms with E-state index >= 15 is 0 Å². The van der Waals surface area contributed by atoms with Crippen LogP contribution in [0.5, 0.6) is 5.75 Å². The van der Waals surface area contributed by atoms with Gasteiger partial charge in [-0.05, 0) is 30.5 Å². The van der Waals surface area contributed by atoms with Gasteiger partial charge in [0.15, 0.2) is 5.13 Å². The number of amides is 4. The molecule has 2 heterocycles. The van der Waals surface area contributed by atoms with Gasteiger partial charge in [-0.15, -0.1) is 11.3 Å². The van der Waals surface area contributed by atoms with Crippen molar-refractivity contribution >= 4 is 34.3 Å². The molecule has 148 valence electrons. The van der Waals surface area contributed by atoms with Crippen LogP contribution >= 0.6 is 11.3 Å². The number of nitrogens with one attached hydrogen (secondary N) is 2. The van der Waals surface area contributed by atoms with Crippen molar-refractivity contribution in [2.45, 2.75) is 32.2 Å². The van der Waals surface area contributed by atoms with Crippen molar-refractivity contribution < 1.29 is 19.1 Å². The Bertz CT molecular complexity index is 909. The summed E-state index contributed by atoms with van der Waals surface area (Å²) in [6, 6.07) is 6.24. The first-order valence-corrected chi connectivity index (χ1v) is 9.66. The zero-order valence-corrected chi connectivity index (χ0v) is 16.9. The lowest BCUT2D eigenvalue weighted by atomic mass is 9.92. The second-order valence-corrected chi connectivity index (χ2v) is 7.81. The molecule has 3 rings (SSSR count). The van der Waals surface area contributed by atoms with Gasteiger partial charge in [0.25, 0.3) is 5.91 Å². The molecule has 0 bridgehead atoms. The predicted octanol–water partition coefficient (Wildman–Crippen LogP) is 2.68. The van der Waals surface area contributed by atoms with Gasteiger partial charge in [-0.1, -0.05) is 26.0 Å². The SMILES string of the molecule is COc1ccc([C@]2(C)NC(=O)N(CC(=O)Nc3nc(C(C)C)cs3)C2=O)cc1. The molecule has 8 nitrogen and oxygen atoms in total. The van der Waals surface area contributed by atoms with Crippen LogP contribution in [0.3, 0.4) is 0 Å². The second-order valence-electron chi connectivity index (χ2n) is 6.96. The van der Waals surface area contributed by atoms with Crippen LogP contribution in [0.4, 0.5) is 9.93 Å². The maximum Gasteiger partial charge on any atom is 0.325 e. The van der Waals surface area contributed by atoms with Crippen molar-refractivity contribution in [3.05, 3.63) is 40.9 Å². The Morgan fingerprint density at radius 3 is 2.57 bits per heavy atom. The first-order chi connectivity index (χ1) is 13.2. The monoisotopic (exact) mass is 402 g/mol. The van der Waals surface area contributed by atoms with Crippen LogP contribution in [-0.2, 0) is 15.1 Å². The smallest absolute Gasteiger partial charge is 0.325 e. The lowest BCUT2D eigenvalue weighted by Gasteiger charge is -2.22. The molecular weight excluding hydrogens is 380 g/mol. The number of rotatable bonds is 6. The predicted molar refractivity (Wildman–Crippen MR) is 105 cm³/mol. The van der Waals surface area contributed by atoms with E-state index in [2.05, 4.69) is 15.6 Å². The number of urea groups is 1. The highest BCUT2D eigenvalue weighted by atomic mass is 32.1. The lowest BCUT2D eigenvalue weighted by molar-refractivity contribution is -0.133. The fraction of sp³-hybridized carbons (Fsp3) is 0.368. The Kier molecular flexibility index (Phi) is 5.37. The molecule has 2 N–H and O–H groups in total. The van der Waals surface area contributed by atoms with Gasteiger partial charge in [0.2, 0.25) is 5.91 Å². The molecule has 1 aliphatic rings. The average Bonchev–Trinajstić information content (AvgIpc) is 3.21. The van der Waals surface area contributed by atoms with Gasteiger partial charge in [0.05, 0.1) is 12.8 Å². The molecule has 4 amide bonds. The number of imide groups is 1. The Labute approximate surface area is 166 Å². The molecule has 1 aliphatic heterocycles. The van der Waals surface area contributed by atoms with E-state index in [-0.39, 0.29) is 12.5 Å². The first-order valence-electron chi connectivity index (χ1n) is 8.78. The third-order valence-electron chi connectivity index (χ3n) is 4.60. The van der Waals surface area contributed by atoms with Gasteiger partial charge in [-0.2, -0.15) is 0 Å². The Balaban J connectivity index is 1.71. The molecule has 0 unspecified atom stereocenters. The van der Waals surface area contributed by atoms with E-state index in [9.17, 15) is 14.4 Å². The van der Waals surface area contributed by atoms with Crippen LogP contribution in [-0.4, -0.2) is 41.4 Å². The van der Waals surface area contributed by atoms with E-state index < -0.39 is 23.4 Å². The minimum atomic E-state index is -1.24. The van der Waals surface area contributed by atoms with Crippen LogP contribution < -0.4 is 15.4 Å². The summed E-state index contributed by atoms with van der Waals surface area (Å²) in [6.45, 7) is 5.25. The van der Waals surface area contributed by atoms with Crippen molar-refractivity contribution in [3.8, 4) is 5.75 Å². The summed E-state index contributed by atoms with van der Waals surface area (Å²) in [5.74, 6) is -0.0745. The van der Waals surface area contributed by atoms with Gasteiger partial charge in [-0.3, -0.25) is 14.5 Å². The summed E-state index contributed by atoms with van der Waals surface area (Å²) in [6.07, 6.45) is 0. The minimum absolute atomic E-state index is 0.248. The summed E-state index contributed by atoms with van der Waals surface area (Å²) in [4.78, 5) is 42.8. The molecule has 1 atom stereocenters. The molecule has 1 aromatic heterocycles. The van der Waals surface area contributed by atoms with Gasteiger partial charge in [-0.25, -0.2) is 9.78 Å². The van der Waals surface area contributed by atoms with Crippen molar-refractivity contribution in [2.24, 2.45) is 0 Å². The number of carbonyl (C=O) groups is 3. The molecule has 0 spiro atoms. The second kappa shape index (κ2) is 7.59. The molecular formula is C19H22N4O4S. The van der Waals surface area contributed by atoms with Gasteiger partial charge in [0, 0.05) is 5.38 Å². The van der Waals surface area contributed by atoms with E-state index in [0.29, 0.717) is 16.4 Å².